The van der Waals surface area contributed by atoms with E-state index in [-0.39, 0.29) is 37.9 Å². The van der Waals surface area contributed by atoms with Gasteiger partial charge in [0.1, 0.15) is 14.9 Å². The minimum Gasteiger partial charge on any atom is -0.347 e. The topological polar surface area (TPSA) is 117 Å². The highest BCUT2D eigenvalue weighted by Gasteiger charge is 2.31. The van der Waals surface area contributed by atoms with E-state index in [1.165, 1.54) is 17.5 Å². The SMILES string of the molecule is O=C(NCc1ccc(S(=O)(=O)NNC(=O)c2csc(-c3ccc(C(F)(F)F)cc3Cl)n2)s1)c1ccc(Cl)cc1. The Morgan fingerprint density at radius 2 is 1.69 bits per heavy atom. The number of nitrogens with zero attached hydrogens (tertiary/aromatic N) is 1. The van der Waals surface area contributed by atoms with Gasteiger partial charge in [0.15, 0.2) is 0 Å². The Hall–Kier alpha value is -3.01. The number of hydrogen-bond acceptors (Lipinski definition) is 7. The molecular formula is C23H15Cl2F3N4O4S3. The number of thiazole rings is 1. The number of thiophene rings is 1. The van der Waals surface area contributed by atoms with Crippen molar-refractivity contribution in [1.82, 2.24) is 20.6 Å². The number of carbonyl (C=O) groups excluding carboxylic acids is 2. The largest absolute Gasteiger partial charge is 0.416 e. The van der Waals surface area contributed by atoms with Gasteiger partial charge in [0.05, 0.1) is 17.1 Å². The van der Waals surface area contributed by atoms with Gasteiger partial charge in [-0.1, -0.05) is 23.2 Å². The van der Waals surface area contributed by atoms with Gasteiger partial charge in [0.25, 0.3) is 21.8 Å². The molecule has 0 saturated heterocycles. The molecule has 0 atom stereocenters. The first-order valence-electron chi connectivity index (χ1n) is 10.6. The second kappa shape index (κ2) is 11.6. The summed E-state index contributed by atoms with van der Waals surface area (Å²) >= 11 is 13.6. The molecule has 2 aromatic carbocycles. The van der Waals surface area contributed by atoms with Gasteiger partial charge >= 0.3 is 6.18 Å². The second-order valence-electron chi connectivity index (χ2n) is 7.70. The van der Waals surface area contributed by atoms with Crippen LogP contribution in [0.5, 0.6) is 0 Å². The highest BCUT2D eigenvalue weighted by atomic mass is 35.5. The van der Waals surface area contributed by atoms with Crippen LogP contribution >= 0.6 is 45.9 Å². The number of amides is 2. The molecular weight excluding hydrogens is 620 g/mol. The van der Waals surface area contributed by atoms with Gasteiger partial charge in [-0.05, 0) is 54.6 Å². The van der Waals surface area contributed by atoms with Crippen LogP contribution in [0.25, 0.3) is 10.6 Å². The molecule has 8 nitrogen and oxygen atoms in total. The lowest BCUT2D eigenvalue weighted by Gasteiger charge is -2.08. The third-order valence-corrected chi connectivity index (χ3v) is 9.26. The van der Waals surface area contributed by atoms with Crippen LogP contribution in [0.1, 0.15) is 31.3 Å². The maximum Gasteiger partial charge on any atom is 0.416 e. The molecule has 2 heterocycles. The number of alkyl halides is 3. The van der Waals surface area contributed by atoms with Crippen LogP contribution in [-0.2, 0) is 22.7 Å². The molecule has 0 saturated carbocycles. The zero-order chi connectivity index (χ0) is 28.4. The highest BCUT2D eigenvalue weighted by Crippen LogP contribution is 2.36. The Kier molecular flexibility index (Phi) is 8.63. The Balaban J connectivity index is 1.35. The third-order valence-electron chi connectivity index (χ3n) is 4.99. The Bertz CT molecular complexity index is 1640. The average molecular weight is 635 g/mol. The molecule has 0 aliphatic heterocycles. The first-order chi connectivity index (χ1) is 18.3. The first kappa shape index (κ1) is 29.0. The number of benzene rings is 2. The summed E-state index contributed by atoms with van der Waals surface area (Å²) in [4.78, 5) is 31.2. The molecule has 2 aromatic heterocycles. The second-order valence-corrected chi connectivity index (χ2v) is 12.5. The minimum atomic E-state index is -4.57. The average Bonchev–Trinajstić information content (AvgIpc) is 3.56. The number of halogens is 5. The van der Waals surface area contributed by atoms with Gasteiger partial charge in [0, 0.05) is 26.4 Å². The Morgan fingerprint density at radius 1 is 0.974 bits per heavy atom. The number of sulfonamides is 1. The van der Waals surface area contributed by atoms with Crippen molar-refractivity contribution < 1.29 is 31.2 Å². The molecule has 4 rings (SSSR count). The predicted octanol–water partition coefficient (Wildman–Crippen LogP) is 5.75. The molecule has 0 radical (unpaired) electrons. The zero-order valence-corrected chi connectivity index (χ0v) is 23.1. The number of hydrogen-bond donors (Lipinski definition) is 3. The Morgan fingerprint density at radius 3 is 2.36 bits per heavy atom. The lowest BCUT2D eigenvalue weighted by molar-refractivity contribution is -0.137. The number of aromatic nitrogens is 1. The van der Waals surface area contributed by atoms with Gasteiger partial charge in [-0.2, -0.15) is 13.2 Å². The van der Waals surface area contributed by atoms with E-state index in [4.69, 9.17) is 23.2 Å². The number of rotatable bonds is 8. The fourth-order valence-corrected chi connectivity index (χ4v) is 6.49. The lowest BCUT2D eigenvalue weighted by Crippen LogP contribution is -2.41. The van der Waals surface area contributed by atoms with Crippen LogP contribution in [0.2, 0.25) is 10.0 Å². The summed E-state index contributed by atoms with van der Waals surface area (Å²) in [6, 6.07) is 11.8. The van der Waals surface area contributed by atoms with Crippen LogP contribution in [-0.4, -0.2) is 25.2 Å². The van der Waals surface area contributed by atoms with Crippen LogP contribution < -0.4 is 15.6 Å². The van der Waals surface area contributed by atoms with E-state index in [1.54, 1.807) is 24.3 Å². The Labute approximate surface area is 237 Å². The normalized spacial score (nSPS) is 11.8. The van der Waals surface area contributed by atoms with E-state index in [1.807, 2.05) is 10.3 Å². The summed E-state index contributed by atoms with van der Waals surface area (Å²) in [5.41, 5.74) is 1.51. The van der Waals surface area contributed by atoms with E-state index >= 15 is 0 Å². The number of nitrogens with one attached hydrogen (secondary N) is 3. The van der Waals surface area contributed by atoms with Crippen LogP contribution in [0.15, 0.2) is 64.2 Å². The quantitative estimate of drug-likeness (QED) is 0.213. The van der Waals surface area contributed by atoms with Crippen molar-refractivity contribution >= 4 is 67.7 Å². The number of carbonyl (C=O) groups is 2. The maximum absolute atomic E-state index is 12.9. The number of hydrazine groups is 1. The molecule has 16 heteroatoms. The standard InChI is InChI=1S/C23H15Cl2F3N4O4S3/c24-14-4-1-12(2-5-14)20(33)29-10-15-6-8-19(38-15)39(35,36)32-31-21(34)18-11-37-22(30-18)16-7-3-13(9-17(16)25)23(26,27)28/h1-9,11,32H,10H2,(H,29,33)(H,31,34). The zero-order valence-electron chi connectivity index (χ0n) is 19.2. The minimum absolute atomic E-state index is 0.0715. The van der Waals surface area contributed by atoms with Crippen molar-refractivity contribution in [2.75, 3.05) is 0 Å². The molecule has 0 fully saturated rings. The maximum atomic E-state index is 12.9. The van der Waals surface area contributed by atoms with Gasteiger partial charge in [-0.15, -0.1) is 27.5 Å². The van der Waals surface area contributed by atoms with E-state index in [0.29, 0.717) is 15.5 Å². The van der Waals surface area contributed by atoms with Crippen molar-refractivity contribution in [3.8, 4) is 10.6 Å². The van der Waals surface area contributed by atoms with Gasteiger partial charge in [0.2, 0.25) is 0 Å². The molecule has 0 bridgehead atoms. The summed E-state index contributed by atoms with van der Waals surface area (Å²) in [7, 11) is -4.15. The first-order valence-corrected chi connectivity index (χ1v) is 14.5. The van der Waals surface area contributed by atoms with Crippen molar-refractivity contribution in [3.05, 3.63) is 91.7 Å². The smallest absolute Gasteiger partial charge is 0.347 e. The molecule has 2 amide bonds. The molecule has 204 valence electrons. The summed E-state index contributed by atoms with van der Waals surface area (Å²) < 4.78 is 63.7. The molecule has 39 heavy (non-hydrogen) atoms. The molecule has 3 N–H and O–H groups in total. The summed E-state index contributed by atoms with van der Waals surface area (Å²) in [6.07, 6.45) is -4.57. The monoisotopic (exact) mass is 634 g/mol. The van der Waals surface area contributed by atoms with E-state index < -0.39 is 27.7 Å². The highest BCUT2D eigenvalue weighted by molar-refractivity contribution is 7.91. The fourth-order valence-electron chi connectivity index (χ4n) is 3.06. The molecule has 0 unspecified atom stereocenters. The van der Waals surface area contributed by atoms with Crippen molar-refractivity contribution in [2.24, 2.45) is 0 Å². The lowest BCUT2D eigenvalue weighted by atomic mass is 10.1. The molecule has 0 spiro atoms. The summed E-state index contributed by atoms with van der Waals surface area (Å²) in [6.45, 7) is 0.0715. The summed E-state index contributed by atoms with van der Waals surface area (Å²) in [5.74, 6) is -1.26. The van der Waals surface area contributed by atoms with Crippen LogP contribution in [0.3, 0.4) is 0 Å². The van der Waals surface area contributed by atoms with Crippen molar-refractivity contribution in [3.63, 3.8) is 0 Å². The molecule has 0 aliphatic carbocycles. The van der Waals surface area contributed by atoms with Gasteiger partial charge in [-0.3, -0.25) is 15.0 Å². The van der Waals surface area contributed by atoms with E-state index in [9.17, 15) is 31.2 Å². The van der Waals surface area contributed by atoms with Gasteiger partial charge < -0.3 is 5.32 Å². The molecule has 0 aliphatic rings. The van der Waals surface area contributed by atoms with Gasteiger partial charge in [-0.25, -0.2) is 13.4 Å². The van der Waals surface area contributed by atoms with Crippen LogP contribution in [0.4, 0.5) is 13.2 Å². The van der Waals surface area contributed by atoms with E-state index in [2.05, 4.69) is 10.3 Å². The fraction of sp³-hybridized carbons (Fsp3) is 0.0870. The van der Waals surface area contributed by atoms with E-state index in [0.717, 1.165) is 40.9 Å². The third kappa shape index (κ3) is 7.15. The van der Waals surface area contributed by atoms with Crippen molar-refractivity contribution in [2.45, 2.75) is 16.9 Å². The van der Waals surface area contributed by atoms with Crippen LogP contribution in [0, 0.1) is 0 Å². The van der Waals surface area contributed by atoms with Crippen molar-refractivity contribution in [1.29, 1.82) is 0 Å². The predicted molar refractivity (Wildman–Crippen MR) is 142 cm³/mol. The molecule has 4 aromatic rings. The summed E-state index contributed by atoms with van der Waals surface area (Å²) in [5, 5.41) is 4.43.